The minimum Gasteiger partial charge on any atom is -0.310 e. The molecule has 3 heteroatoms. The van der Waals surface area contributed by atoms with Gasteiger partial charge in [0.15, 0.2) is 0 Å². The summed E-state index contributed by atoms with van der Waals surface area (Å²) in [4.78, 5) is 12.8. The molecule has 0 saturated carbocycles. The summed E-state index contributed by atoms with van der Waals surface area (Å²) in [6, 6.07) is 4.71. The number of hydrogen-bond acceptors (Lipinski definition) is 2. The highest BCUT2D eigenvalue weighted by atomic mass is 16.1. The Morgan fingerprint density at radius 2 is 1.80 bits per heavy atom. The van der Waals surface area contributed by atoms with Gasteiger partial charge in [-0.3, -0.25) is 4.79 Å². The molecular formula is C17H30N2O. The molecule has 1 aromatic rings. The summed E-state index contributed by atoms with van der Waals surface area (Å²) in [7, 11) is 0. The van der Waals surface area contributed by atoms with E-state index in [2.05, 4.69) is 59.8 Å². The average molecular weight is 278 g/mol. The summed E-state index contributed by atoms with van der Waals surface area (Å²) in [5.41, 5.74) is 2.10. The van der Waals surface area contributed by atoms with E-state index in [1.54, 1.807) is 0 Å². The van der Waals surface area contributed by atoms with Crippen LogP contribution in [0.2, 0.25) is 0 Å². The van der Waals surface area contributed by atoms with Crippen molar-refractivity contribution in [3.63, 3.8) is 0 Å². The fourth-order valence-corrected chi connectivity index (χ4v) is 2.28. The first-order chi connectivity index (χ1) is 9.18. The zero-order chi connectivity index (χ0) is 15.5. The monoisotopic (exact) mass is 278 g/mol. The van der Waals surface area contributed by atoms with Crippen LogP contribution in [0.5, 0.6) is 0 Å². The lowest BCUT2D eigenvalue weighted by molar-refractivity contribution is 0.434. The second-order valence-electron chi connectivity index (χ2n) is 6.96. The third kappa shape index (κ3) is 3.95. The Kier molecular flexibility index (Phi) is 5.58. The fourth-order valence-electron chi connectivity index (χ4n) is 2.28. The molecule has 1 rings (SSSR count). The van der Waals surface area contributed by atoms with Gasteiger partial charge in [-0.05, 0) is 19.4 Å². The second kappa shape index (κ2) is 6.57. The van der Waals surface area contributed by atoms with Crippen LogP contribution in [0, 0.1) is 0 Å². The molecule has 1 unspecified atom stereocenters. The van der Waals surface area contributed by atoms with E-state index >= 15 is 0 Å². The number of nitrogens with one attached hydrogen (secondary N) is 1. The Bertz CT molecular complexity index is 495. The van der Waals surface area contributed by atoms with Gasteiger partial charge in [-0.2, -0.15) is 0 Å². The van der Waals surface area contributed by atoms with Crippen LogP contribution in [0.25, 0.3) is 0 Å². The van der Waals surface area contributed by atoms with Crippen LogP contribution in [0.15, 0.2) is 16.9 Å². The van der Waals surface area contributed by atoms with Gasteiger partial charge in [-0.25, -0.2) is 0 Å². The number of nitrogens with zero attached hydrogens (tertiary/aromatic N) is 1. The summed E-state index contributed by atoms with van der Waals surface area (Å²) in [5, 5.41) is 3.33. The highest BCUT2D eigenvalue weighted by Crippen LogP contribution is 2.24. The van der Waals surface area contributed by atoms with Crippen molar-refractivity contribution < 1.29 is 0 Å². The van der Waals surface area contributed by atoms with E-state index < -0.39 is 0 Å². The minimum atomic E-state index is -0.0212. The molecule has 0 spiro atoms. The maximum atomic E-state index is 12.8. The third-order valence-corrected chi connectivity index (χ3v) is 3.70. The zero-order valence-corrected chi connectivity index (χ0v) is 14.1. The molecule has 0 amide bonds. The van der Waals surface area contributed by atoms with Gasteiger partial charge < -0.3 is 9.88 Å². The molecule has 20 heavy (non-hydrogen) atoms. The van der Waals surface area contributed by atoms with Crippen LogP contribution in [-0.2, 0) is 12.0 Å². The second-order valence-corrected chi connectivity index (χ2v) is 6.96. The van der Waals surface area contributed by atoms with Crippen molar-refractivity contribution in [2.75, 3.05) is 0 Å². The number of hydrogen-bond donors (Lipinski definition) is 1. The first-order valence-corrected chi connectivity index (χ1v) is 7.66. The van der Waals surface area contributed by atoms with Crippen LogP contribution >= 0.6 is 0 Å². The van der Waals surface area contributed by atoms with Gasteiger partial charge in [-0.15, -0.1) is 0 Å². The van der Waals surface area contributed by atoms with Crippen molar-refractivity contribution in [1.29, 1.82) is 0 Å². The molecular weight excluding hydrogens is 248 g/mol. The van der Waals surface area contributed by atoms with Crippen molar-refractivity contribution in [3.05, 3.63) is 33.7 Å². The highest BCUT2D eigenvalue weighted by molar-refractivity contribution is 5.22. The van der Waals surface area contributed by atoms with E-state index in [1.807, 2.05) is 10.6 Å². The molecule has 0 saturated heterocycles. The molecule has 114 valence electrons. The standard InChI is InChI=1S/C17H30N2O/c1-8-13(4)19-15(17(5,6)7)10-9-14(16(19)20)11-18-12(2)3/h9-10,12-13,18H,8,11H2,1-7H3. The van der Waals surface area contributed by atoms with Gasteiger partial charge >= 0.3 is 0 Å². The quantitative estimate of drug-likeness (QED) is 0.892. The van der Waals surface area contributed by atoms with Crippen LogP contribution < -0.4 is 10.9 Å². The summed E-state index contributed by atoms with van der Waals surface area (Å²) < 4.78 is 1.98. The maximum Gasteiger partial charge on any atom is 0.255 e. The van der Waals surface area contributed by atoms with Crippen LogP contribution in [0.3, 0.4) is 0 Å². The smallest absolute Gasteiger partial charge is 0.255 e. The van der Waals surface area contributed by atoms with Crippen molar-refractivity contribution in [2.24, 2.45) is 0 Å². The third-order valence-electron chi connectivity index (χ3n) is 3.70. The Morgan fingerprint density at radius 1 is 1.20 bits per heavy atom. The predicted octanol–water partition coefficient (Wildman–Crippen LogP) is 3.61. The highest BCUT2D eigenvalue weighted by Gasteiger charge is 2.22. The number of aromatic nitrogens is 1. The largest absolute Gasteiger partial charge is 0.310 e. The molecule has 1 aromatic heterocycles. The summed E-state index contributed by atoms with van der Waals surface area (Å²) in [6.45, 7) is 15.6. The SMILES string of the molecule is CCC(C)n1c(C(C)(C)C)ccc(CNC(C)C)c1=O. The first-order valence-electron chi connectivity index (χ1n) is 7.66. The normalized spacial score (nSPS) is 13.8. The lowest BCUT2D eigenvalue weighted by Crippen LogP contribution is -2.35. The molecule has 0 radical (unpaired) electrons. The Hall–Kier alpha value is -1.09. The fraction of sp³-hybridized carbons (Fsp3) is 0.706. The first kappa shape index (κ1) is 17.0. The van der Waals surface area contributed by atoms with Gasteiger partial charge in [0, 0.05) is 35.3 Å². The summed E-state index contributed by atoms with van der Waals surface area (Å²) in [5.74, 6) is 0. The van der Waals surface area contributed by atoms with E-state index in [4.69, 9.17) is 0 Å². The molecule has 0 aliphatic rings. The zero-order valence-electron chi connectivity index (χ0n) is 14.1. The molecule has 1 heterocycles. The van der Waals surface area contributed by atoms with E-state index in [0.717, 1.165) is 17.7 Å². The molecule has 1 atom stereocenters. The van der Waals surface area contributed by atoms with Gasteiger partial charge in [0.1, 0.15) is 0 Å². The van der Waals surface area contributed by atoms with Crippen molar-refractivity contribution in [3.8, 4) is 0 Å². The summed E-state index contributed by atoms with van der Waals surface area (Å²) in [6.07, 6.45) is 0.962. The Balaban J connectivity index is 3.32. The van der Waals surface area contributed by atoms with Crippen molar-refractivity contribution in [1.82, 2.24) is 9.88 Å². The number of rotatable bonds is 5. The molecule has 0 aromatic carbocycles. The van der Waals surface area contributed by atoms with E-state index in [9.17, 15) is 4.79 Å². The van der Waals surface area contributed by atoms with E-state index in [1.165, 1.54) is 0 Å². The molecule has 1 N–H and O–H groups in total. The average Bonchev–Trinajstić information content (AvgIpc) is 2.34. The molecule has 0 fully saturated rings. The predicted molar refractivity (Wildman–Crippen MR) is 86.4 cm³/mol. The van der Waals surface area contributed by atoms with Crippen molar-refractivity contribution in [2.45, 2.75) is 78.9 Å². The van der Waals surface area contributed by atoms with Crippen LogP contribution in [-0.4, -0.2) is 10.6 Å². The topological polar surface area (TPSA) is 34.0 Å². The van der Waals surface area contributed by atoms with E-state index in [0.29, 0.717) is 12.6 Å². The van der Waals surface area contributed by atoms with Gasteiger partial charge in [0.05, 0.1) is 0 Å². The molecule has 3 nitrogen and oxygen atoms in total. The van der Waals surface area contributed by atoms with Gasteiger partial charge in [-0.1, -0.05) is 47.6 Å². The van der Waals surface area contributed by atoms with Crippen LogP contribution in [0.1, 0.15) is 72.2 Å². The van der Waals surface area contributed by atoms with Crippen molar-refractivity contribution >= 4 is 0 Å². The minimum absolute atomic E-state index is 0.0212. The summed E-state index contributed by atoms with van der Waals surface area (Å²) >= 11 is 0. The van der Waals surface area contributed by atoms with Gasteiger partial charge in [0.2, 0.25) is 0 Å². The maximum absolute atomic E-state index is 12.8. The Labute approximate surface area is 123 Å². The Morgan fingerprint density at radius 3 is 2.25 bits per heavy atom. The lowest BCUT2D eigenvalue weighted by Gasteiger charge is -2.28. The van der Waals surface area contributed by atoms with Gasteiger partial charge in [0.25, 0.3) is 5.56 Å². The molecule has 0 bridgehead atoms. The van der Waals surface area contributed by atoms with E-state index in [-0.39, 0.29) is 17.0 Å². The molecule has 0 aliphatic heterocycles. The lowest BCUT2D eigenvalue weighted by atomic mass is 9.90. The van der Waals surface area contributed by atoms with Crippen LogP contribution in [0.4, 0.5) is 0 Å². The molecule has 0 aliphatic carbocycles. The number of pyridine rings is 1.